The summed E-state index contributed by atoms with van der Waals surface area (Å²) in [5.41, 5.74) is 1.25. The molecule has 2 aromatic carbocycles. The SMILES string of the molecule is [O]c1ccc(-c2ccccc2)c(F)c1. The van der Waals surface area contributed by atoms with Crippen LogP contribution in [-0.4, -0.2) is 0 Å². The minimum absolute atomic E-state index is 0.304. The number of hydrogen-bond acceptors (Lipinski definition) is 0. The molecule has 2 heteroatoms. The molecule has 14 heavy (non-hydrogen) atoms. The fourth-order valence-corrected chi connectivity index (χ4v) is 1.35. The van der Waals surface area contributed by atoms with Crippen LogP contribution in [0.2, 0.25) is 0 Å². The molecule has 0 aliphatic carbocycles. The van der Waals surface area contributed by atoms with Gasteiger partial charge in [-0.2, -0.15) is 0 Å². The van der Waals surface area contributed by atoms with Crippen LogP contribution >= 0.6 is 0 Å². The molecule has 1 radical (unpaired) electrons. The van der Waals surface area contributed by atoms with Crippen LogP contribution in [0.4, 0.5) is 4.39 Å². The van der Waals surface area contributed by atoms with Crippen molar-refractivity contribution in [2.45, 2.75) is 0 Å². The van der Waals surface area contributed by atoms with Gasteiger partial charge in [0, 0.05) is 11.6 Å². The van der Waals surface area contributed by atoms with E-state index in [9.17, 15) is 9.50 Å². The minimum Gasteiger partial charge on any atom is -0.290 e. The van der Waals surface area contributed by atoms with Gasteiger partial charge in [-0.1, -0.05) is 30.3 Å². The Labute approximate surface area is 81.4 Å². The van der Waals surface area contributed by atoms with E-state index in [0.717, 1.165) is 11.6 Å². The topological polar surface area (TPSA) is 19.9 Å². The Morgan fingerprint density at radius 1 is 0.929 bits per heavy atom. The largest absolute Gasteiger partial charge is 0.290 e. The predicted molar refractivity (Wildman–Crippen MR) is 52.0 cm³/mol. The van der Waals surface area contributed by atoms with Crippen molar-refractivity contribution in [1.82, 2.24) is 0 Å². The third-order valence-electron chi connectivity index (χ3n) is 2.03. The zero-order valence-electron chi connectivity index (χ0n) is 7.41. The Balaban J connectivity index is 2.53. The van der Waals surface area contributed by atoms with Crippen molar-refractivity contribution < 1.29 is 9.50 Å². The van der Waals surface area contributed by atoms with E-state index in [1.165, 1.54) is 12.1 Å². The molecule has 0 saturated heterocycles. The number of halogens is 1. The summed E-state index contributed by atoms with van der Waals surface area (Å²) in [6, 6.07) is 13.0. The Hall–Kier alpha value is -1.83. The van der Waals surface area contributed by atoms with Gasteiger partial charge in [0.25, 0.3) is 0 Å². The summed E-state index contributed by atoms with van der Waals surface area (Å²) in [6.45, 7) is 0. The molecule has 0 N–H and O–H groups in total. The van der Waals surface area contributed by atoms with E-state index in [1.54, 1.807) is 0 Å². The van der Waals surface area contributed by atoms with Gasteiger partial charge in [-0.15, -0.1) is 0 Å². The summed E-state index contributed by atoms with van der Waals surface area (Å²) in [5, 5.41) is 10.8. The Kier molecular flexibility index (Phi) is 2.19. The van der Waals surface area contributed by atoms with Crippen LogP contribution in [0.15, 0.2) is 48.5 Å². The van der Waals surface area contributed by atoms with Gasteiger partial charge in [-0.3, -0.25) is 5.11 Å². The summed E-state index contributed by atoms with van der Waals surface area (Å²) >= 11 is 0. The predicted octanol–water partition coefficient (Wildman–Crippen LogP) is 3.64. The van der Waals surface area contributed by atoms with Crippen LogP contribution in [0.1, 0.15) is 0 Å². The van der Waals surface area contributed by atoms with E-state index >= 15 is 0 Å². The summed E-state index contributed by atoms with van der Waals surface area (Å²) in [6.07, 6.45) is 0. The Bertz CT molecular complexity index is 437. The lowest BCUT2D eigenvalue weighted by Crippen LogP contribution is -1.82. The third-order valence-corrected chi connectivity index (χ3v) is 2.03. The average Bonchev–Trinajstić information content (AvgIpc) is 2.19. The fraction of sp³-hybridized carbons (Fsp3) is 0. The van der Waals surface area contributed by atoms with Crippen LogP contribution in [-0.2, 0) is 5.11 Å². The van der Waals surface area contributed by atoms with E-state index in [2.05, 4.69) is 0 Å². The molecule has 1 nitrogen and oxygen atoms in total. The van der Waals surface area contributed by atoms with E-state index in [1.807, 2.05) is 30.3 Å². The van der Waals surface area contributed by atoms with Crippen LogP contribution in [0, 0.1) is 5.82 Å². The van der Waals surface area contributed by atoms with Crippen LogP contribution < -0.4 is 0 Å². The molecule has 0 aliphatic rings. The van der Waals surface area contributed by atoms with Gasteiger partial charge in [0.2, 0.25) is 0 Å². The Morgan fingerprint density at radius 3 is 2.29 bits per heavy atom. The maximum absolute atomic E-state index is 13.3. The van der Waals surface area contributed by atoms with Crippen molar-refractivity contribution in [1.29, 1.82) is 0 Å². The van der Waals surface area contributed by atoms with Gasteiger partial charge in [0.1, 0.15) is 5.82 Å². The third kappa shape index (κ3) is 1.59. The lowest BCUT2D eigenvalue weighted by atomic mass is 10.1. The first-order valence-corrected chi connectivity index (χ1v) is 4.29. The van der Waals surface area contributed by atoms with Gasteiger partial charge in [0.15, 0.2) is 5.75 Å². The first-order chi connectivity index (χ1) is 6.77. The first kappa shape index (κ1) is 8.75. The molecule has 0 bridgehead atoms. The number of hydrogen-bond donors (Lipinski definition) is 0. The second kappa shape index (κ2) is 3.50. The second-order valence-electron chi connectivity index (χ2n) is 3.01. The van der Waals surface area contributed by atoms with Gasteiger partial charge in [-0.05, 0) is 17.7 Å². The zero-order chi connectivity index (χ0) is 9.97. The monoisotopic (exact) mass is 187 g/mol. The van der Waals surface area contributed by atoms with Crippen molar-refractivity contribution in [3.05, 3.63) is 54.3 Å². The molecule has 0 amide bonds. The smallest absolute Gasteiger partial charge is 0.181 e. The number of rotatable bonds is 1. The van der Waals surface area contributed by atoms with Gasteiger partial charge >= 0.3 is 0 Å². The van der Waals surface area contributed by atoms with Crippen molar-refractivity contribution in [2.75, 3.05) is 0 Å². The van der Waals surface area contributed by atoms with Crippen molar-refractivity contribution in [3.8, 4) is 16.9 Å². The van der Waals surface area contributed by atoms with Crippen molar-refractivity contribution in [2.24, 2.45) is 0 Å². The molecule has 2 rings (SSSR count). The highest BCUT2D eigenvalue weighted by Crippen LogP contribution is 2.25. The van der Waals surface area contributed by atoms with Crippen molar-refractivity contribution >= 4 is 0 Å². The van der Waals surface area contributed by atoms with Crippen molar-refractivity contribution in [3.63, 3.8) is 0 Å². The molecule has 0 atom stereocenters. The lowest BCUT2D eigenvalue weighted by molar-refractivity contribution is 0.352. The maximum Gasteiger partial charge on any atom is 0.181 e. The van der Waals surface area contributed by atoms with E-state index < -0.39 is 5.82 Å². The van der Waals surface area contributed by atoms with E-state index in [0.29, 0.717) is 5.56 Å². The molecule has 0 aliphatic heterocycles. The van der Waals surface area contributed by atoms with E-state index in [-0.39, 0.29) is 5.75 Å². The molecule has 0 unspecified atom stereocenters. The molecule has 0 spiro atoms. The standard InChI is InChI=1S/C12H8FO/c13-12-8-10(14)6-7-11(12)9-4-2-1-3-5-9/h1-8H. The van der Waals surface area contributed by atoms with Crippen LogP contribution in [0.25, 0.3) is 11.1 Å². The minimum atomic E-state index is -0.469. The number of benzene rings is 2. The lowest BCUT2D eigenvalue weighted by Gasteiger charge is -2.02. The molecular formula is C12H8FO. The maximum atomic E-state index is 13.3. The molecule has 0 heterocycles. The molecule has 69 valence electrons. The summed E-state index contributed by atoms with van der Waals surface area (Å²) < 4.78 is 13.3. The van der Waals surface area contributed by atoms with Crippen LogP contribution in [0.5, 0.6) is 5.75 Å². The molecular weight excluding hydrogens is 179 g/mol. The Morgan fingerprint density at radius 2 is 1.64 bits per heavy atom. The fourth-order valence-electron chi connectivity index (χ4n) is 1.35. The average molecular weight is 187 g/mol. The highest BCUT2D eigenvalue weighted by atomic mass is 19.1. The van der Waals surface area contributed by atoms with Gasteiger partial charge in [0.05, 0.1) is 0 Å². The molecule has 0 fully saturated rings. The molecule has 2 aromatic rings. The summed E-state index contributed by atoms with van der Waals surface area (Å²) in [5.74, 6) is -0.772. The quantitative estimate of drug-likeness (QED) is 0.649. The molecule has 0 saturated carbocycles. The second-order valence-corrected chi connectivity index (χ2v) is 3.01. The van der Waals surface area contributed by atoms with Gasteiger partial charge in [-0.25, -0.2) is 4.39 Å². The van der Waals surface area contributed by atoms with Crippen LogP contribution in [0.3, 0.4) is 0 Å². The highest BCUT2D eigenvalue weighted by molar-refractivity contribution is 5.64. The van der Waals surface area contributed by atoms with E-state index in [4.69, 9.17) is 0 Å². The van der Waals surface area contributed by atoms with Gasteiger partial charge < -0.3 is 0 Å². The normalized spacial score (nSPS) is 10.1. The summed E-state index contributed by atoms with van der Waals surface area (Å²) in [4.78, 5) is 0. The highest BCUT2D eigenvalue weighted by Gasteiger charge is 2.05. The molecule has 0 aromatic heterocycles. The first-order valence-electron chi connectivity index (χ1n) is 4.29. The summed E-state index contributed by atoms with van der Waals surface area (Å²) in [7, 11) is 0. The zero-order valence-corrected chi connectivity index (χ0v) is 7.41.